The lowest BCUT2D eigenvalue weighted by molar-refractivity contribution is -0.120. The largest absolute Gasteiger partial charge is 0.383 e. The minimum atomic E-state index is -0.0696. The van der Waals surface area contributed by atoms with Gasteiger partial charge in [0.25, 0.3) is 0 Å². The van der Waals surface area contributed by atoms with Crippen LogP contribution < -0.4 is 10.6 Å². The zero-order valence-corrected chi connectivity index (χ0v) is 11.5. The molecule has 2 N–H and O–H groups in total. The van der Waals surface area contributed by atoms with Gasteiger partial charge in [0.05, 0.1) is 18.6 Å². The first-order chi connectivity index (χ1) is 8.74. The van der Waals surface area contributed by atoms with Crippen LogP contribution in [0.2, 0.25) is 0 Å². The number of thiophene rings is 1. The van der Waals surface area contributed by atoms with Gasteiger partial charge < -0.3 is 15.4 Å². The Bertz CT molecular complexity index is 372. The highest BCUT2D eigenvalue weighted by Gasteiger charge is 2.33. The van der Waals surface area contributed by atoms with Gasteiger partial charge >= 0.3 is 0 Å². The molecule has 0 bridgehead atoms. The number of carbonyl (C=O) groups is 1. The van der Waals surface area contributed by atoms with Crippen molar-refractivity contribution in [3.8, 4) is 0 Å². The molecular weight excluding hydrogens is 248 g/mol. The first-order valence-corrected chi connectivity index (χ1v) is 7.15. The minimum absolute atomic E-state index is 0.0696. The van der Waals surface area contributed by atoms with Crippen LogP contribution in [-0.4, -0.2) is 38.3 Å². The molecule has 0 radical (unpaired) electrons. The molecule has 18 heavy (non-hydrogen) atoms. The molecule has 1 saturated heterocycles. The summed E-state index contributed by atoms with van der Waals surface area (Å²) in [6, 6.07) is 3.96. The van der Waals surface area contributed by atoms with Gasteiger partial charge in [-0.15, -0.1) is 11.3 Å². The summed E-state index contributed by atoms with van der Waals surface area (Å²) in [5.74, 6) is 0.0848. The molecule has 1 aliphatic heterocycles. The standard InChI is InChI=1S/C13H20N2O2S/c1-17-10-13(5-3-6-15-13)9-14-12(16)8-11-4-2-7-18-11/h2,4,7,15H,3,5-6,8-10H2,1H3,(H,14,16). The Morgan fingerprint density at radius 1 is 1.67 bits per heavy atom. The van der Waals surface area contributed by atoms with E-state index < -0.39 is 0 Å². The number of amides is 1. The van der Waals surface area contributed by atoms with Crippen LogP contribution in [0.1, 0.15) is 17.7 Å². The molecule has 0 aromatic carbocycles. The lowest BCUT2D eigenvalue weighted by atomic mass is 9.98. The van der Waals surface area contributed by atoms with Crippen LogP contribution in [0.3, 0.4) is 0 Å². The second kappa shape index (κ2) is 6.31. The molecule has 2 rings (SSSR count). The van der Waals surface area contributed by atoms with Crippen LogP contribution >= 0.6 is 11.3 Å². The summed E-state index contributed by atoms with van der Waals surface area (Å²) in [5, 5.41) is 8.46. The normalized spacial score (nSPS) is 23.2. The molecule has 4 nitrogen and oxygen atoms in total. The van der Waals surface area contributed by atoms with Gasteiger partial charge in [-0.3, -0.25) is 4.79 Å². The molecule has 0 aliphatic carbocycles. The third kappa shape index (κ3) is 3.54. The van der Waals surface area contributed by atoms with Crippen LogP contribution in [0.4, 0.5) is 0 Å². The van der Waals surface area contributed by atoms with E-state index in [0.29, 0.717) is 19.6 Å². The Kier molecular flexibility index (Phi) is 4.74. The van der Waals surface area contributed by atoms with Crippen LogP contribution in [0.5, 0.6) is 0 Å². The van der Waals surface area contributed by atoms with Crippen LogP contribution in [0, 0.1) is 0 Å². The van der Waals surface area contributed by atoms with Crippen molar-refractivity contribution in [2.45, 2.75) is 24.8 Å². The third-order valence-electron chi connectivity index (χ3n) is 3.29. The predicted molar refractivity (Wildman–Crippen MR) is 72.9 cm³/mol. The molecule has 1 aliphatic rings. The van der Waals surface area contributed by atoms with E-state index in [1.54, 1.807) is 18.4 Å². The molecule has 2 heterocycles. The van der Waals surface area contributed by atoms with E-state index in [9.17, 15) is 4.79 Å². The Hall–Kier alpha value is -0.910. The van der Waals surface area contributed by atoms with E-state index in [0.717, 1.165) is 24.3 Å². The fourth-order valence-corrected chi connectivity index (χ4v) is 3.08. The maximum atomic E-state index is 11.8. The van der Waals surface area contributed by atoms with Gasteiger partial charge in [-0.1, -0.05) is 6.07 Å². The summed E-state index contributed by atoms with van der Waals surface area (Å²) in [4.78, 5) is 12.9. The van der Waals surface area contributed by atoms with E-state index in [2.05, 4.69) is 10.6 Å². The number of nitrogens with one attached hydrogen (secondary N) is 2. The fourth-order valence-electron chi connectivity index (χ4n) is 2.37. The molecule has 1 aromatic heterocycles. The van der Waals surface area contributed by atoms with Crippen LogP contribution in [0.25, 0.3) is 0 Å². The summed E-state index contributed by atoms with van der Waals surface area (Å²) in [5.41, 5.74) is -0.0696. The highest BCUT2D eigenvalue weighted by atomic mass is 32.1. The SMILES string of the molecule is COCC1(CNC(=O)Cc2cccs2)CCCN1. The van der Waals surface area contributed by atoms with E-state index in [1.807, 2.05) is 17.5 Å². The summed E-state index contributed by atoms with van der Waals surface area (Å²) in [6.45, 7) is 2.29. The zero-order chi connectivity index (χ0) is 12.8. The van der Waals surface area contributed by atoms with E-state index in [1.165, 1.54) is 0 Å². The predicted octanol–water partition coefficient (Wildman–Crippen LogP) is 1.18. The van der Waals surface area contributed by atoms with Gasteiger partial charge in [-0.2, -0.15) is 0 Å². The molecule has 1 atom stereocenters. The van der Waals surface area contributed by atoms with Crippen molar-refractivity contribution in [2.24, 2.45) is 0 Å². The fraction of sp³-hybridized carbons (Fsp3) is 0.615. The van der Waals surface area contributed by atoms with Gasteiger partial charge in [-0.25, -0.2) is 0 Å². The average Bonchev–Trinajstić information content (AvgIpc) is 2.99. The van der Waals surface area contributed by atoms with E-state index in [-0.39, 0.29) is 11.4 Å². The highest BCUT2D eigenvalue weighted by Crippen LogP contribution is 2.19. The Morgan fingerprint density at radius 2 is 2.56 bits per heavy atom. The van der Waals surface area contributed by atoms with Crippen molar-refractivity contribution in [3.63, 3.8) is 0 Å². The Labute approximate surface area is 112 Å². The molecule has 0 saturated carbocycles. The lowest BCUT2D eigenvalue weighted by Gasteiger charge is -2.28. The lowest BCUT2D eigenvalue weighted by Crippen LogP contribution is -2.53. The van der Waals surface area contributed by atoms with E-state index >= 15 is 0 Å². The smallest absolute Gasteiger partial charge is 0.225 e. The van der Waals surface area contributed by atoms with E-state index in [4.69, 9.17) is 4.74 Å². The van der Waals surface area contributed by atoms with Crippen molar-refractivity contribution >= 4 is 17.2 Å². The summed E-state index contributed by atoms with van der Waals surface area (Å²) >= 11 is 1.62. The number of methoxy groups -OCH3 is 1. The molecule has 1 fully saturated rings. The monoisotopic (exact) mass is 268 g/mol. The number of ether oxygens (including phenoxy) is 1. The van der Waals surface area contributed by atoms with Crippen molar-refractivity contribution in [3.05, 3.63) is 22.4 Å². The van der Waals surface area contributed by atoms with Crippen molar-refractivity contribution in [1.82, 2.24) is 10.6 Å². The Morgan fingerprint density at radius 3 is 3.17 bits per heavy atom. The summed E-state index contributed by atoms with van der Waals surface area (Å²) in [7, 11) is 1.70. The maximum Gasteiger partial charge on any atom is 0.225 e. The Balaban J connectivity index is 1.80. The molecule has 5 heteroatoms. The number of carbonyl (C=O) groups excluding carboxylic acids is 1. The second-order valence-corrected chi connectivity index (χ2v) is 5.81. The molecule has 1 amide bonds. The molecule has 1 unspecified atom stereocenters. The molecule has 1 aromatic rings. The molecule has 100 valence electrons. The molecule has 0 spiro atoms. The summed E-state index contributed by atoms with van der Waals surface area (Å²) < 4.78 is 5.26. The topological polar surface area (TPSA) is 50.4 Å². The van der Waals surface area contributed by atoms with Crippen molar-refractivity contribution in [2.75, 3.05) is 26.8 Å². The number of rotatable bonds is 6. The van der Waals surface area contributed by atoms with Gasteiger partial charge in [0, 0.05) is 18.5 Å². The average molecular weight is 268 g/mol. The minimum Gasteiger partial charge on any atom is -0.383 e. The zero-order valence-electron chi connectivity index (χ0n) is 10.7. The van der Waals surface area contributed by atoms with Gasteiger partial charge in [-0.05, 0) is 30.8 Å². The number of hydrogen-bond acceptors (Lipinski definition) is 4. The second-order valence-electron chi connectivity index (χ2n) is 4.78. The highest BCUT2D eigenvalue weighted by molar-refractivity contribution is 7.10. The molecular formula is C13H20N2O2S. The maximum absolute atomic E-state index is 11.8. The van der Waals surface area contributed by atoms with Crippen molar-refractivity contribution in [1.29, 1.82) is 0 Å². The van der Waals surface area contributed by atoms with Gasteiger partial charge in [0.2, 0.25) is 5.91 Å². The van der Waals surface area contributed by atoms with Gasteiger partial charge in [0.1, 0.15) is 0 Å². The van der Waals surface area contributed by atoms with Crippen molar-refractivity contribution < 1.29 is 9.53 Å². The first-order valence-electron chi connectivity index (χ1n) is 6.27. The van der Waals surface area contributed by atoms with Crippen LogP contribution in [-0.2, 0) is 16.0 Å². The first kappa shape index (κ1) is 13.5. The van der Waals surface area contributed by atoms with Gasteiger partial charge in [0.15, 0.2) is 0 Å². The third-order valence-corrected chi connectivity index (χ3v) is 4.17. The van der Waals surface area contributed by atoms with Crippen LogP contribution in [0.15, 0.2) is 17.5 Å². The quantitative estimate of drug-likeness (QED) is 0.814. The summed E-state index contributed by atoms with van der Waals surface area (Å²) in [6.07, 6.45) is 2.67. The number of hydrogen-bond donors (Lipinski definition) is 2.